The lowest BCUT2D eigenvalue weighted by Gasteiger charge is -2.28. The predicted octanol–water partition coefficient (Wildman–Crippen LogP) is 3.62. The number of carbonyl (C=O) groups excluding carboxylic acids is 5. The number of esters is 1. The molecule has 0 saturated heterocycles. The number of fused-ring (bicyclic) bond motifs is 2. The van der Waals surface area contributed by atoms with Gasteiger partial charge in [-0.2, -0.15) is 5.10 Å². The zero-order valence-electron chi connectivity index (χ0n) is 25.7. The number of hydrogen-bond acceptors (Lipinski definition) is 8. The van der Waals surface area contributed by atoms with Gasteiger partial charge in [0.25, 0.3) is 11.8 Å². The molecule has 3 N–H and O–H groups in total. The molecule has 12 nitrogen and oxygen atoms in total. The zero-order chi connectivity index (χ0) is 32.1. The number of nitrogens with two attached hydrogens (primary N) is 1. The number of hydrogen-bond donors (Lipinski definition) is 2. The van der Waals surface area contributed by atoms with Crippen LogP contribution in [0.5, 0.6) is 0 Å². The van der Waals surface area contributed by atoms with Gasteiger partial charge in [-0.15, -0.1) is 0 Å². The van der Waals surface area contributed by atoms with Crippen molar-refractivity contribution in [3.8, 4) is 11.1 Å². The average Bonchev–Trinajstić information content (AvgIpc) is 3.40. The van der Waals surface area contributed by atoms with Crippen molar-refractivity contribution in [2.45, 2.75) is 65.0 Å². The van der Waals surface area contributed by atoms with Crippen molar-refractivity contribution in [3.05, 3.63) is 58.9 Å². The van der Waals surface area contributed by atoms with Gasteiger partial charge in [0.2, 0.25) is 11.8 Å². The molecule has 44 heavy (non-hydrogen) atoms. The van der Waals surface area contributed by atoms with E-state index in [1.165, 1.54) is 6.07 Å². The third-order valence-corrected chi connectivity index (χ3v) is 7.76. The molecular weight excluding hydrogens is 564 g/mol. The maximum atomic E-state index is 13.9. The number of benzene rings is 2. The molecule has 12 heteroatoms. The van der Waals surface area contributed by atoms with E-state index in [1.54, 1.807) is 49.5 Å². The third kappa shape index (κ3) is 5.67. The van der Waals surface area contributed by atoms with E-state index in [0.29, 0.717) is 24.2 Å². The van der Waals surface area contributed by atoms with E-state index in [1.807, 2.05) is 32.3 Å². The van der Waals surface area contributed by atoms with E-state index in [4.69, 9.17) is 10.5 Å². The Kier molecular flexibility index (Phi) is 7.79. The molecule has 0 radical (unpaired) electrons. The summed E-state index contributed by atoms with van der Waals surface area (Å²) in [5, 5.41) is 7.84. The lowest BCUT2D eigenvalue weighted by molar-refractivity contribution is -0.155. The molecule has 0 unspecified atom stereocenters. The fourth-order valence-electron chi connectivity index (χ4n) is 5.76. The summed E-state index contributed by atoms with van der Waals surface area (Å²) in [6.45, 7) is 7.05. The Balaban J connectivity index is 1.53. The SMILES string of the molecule is Cc1nn(C)cc1-c1cc2c(cc1Nc1cccc3c1C(=O)N([C@@H](CCC(=O)OC(C)(C)C)C(N)=O)C3=O)N(C)C(=O)CC2. The minimum atomic E-state index is -1.35. The van der Waals surface area contributed by atoms with Crippen molar-refractivity contribution < 1.29 is 28.7 Å². The van der Waals surface area contributed by atoms with Gasteiger partial charge in [-0.1, -0.05) is 6.07 Å². The lowest BCUT2D eigenvalue weighted by atomic mass is 9.94. The van der Waals surface area contributed by atoms with Gasteiger partial charge in [-0.25, -0.2) is 0 Å². The first kappa shape index (κ1) is 30.5. The molecule has 0 fully saturated rings. The van der Waals surface area contributed by atoms with Crippen molar-refractivity contribution in [1.29, 1.82) is 0 Å². The molecule has 3 heterocycles. The van der Waals surface area contributed by atoms with Crippen LogP contribution in [0.1, 0.15) is 72.0 Å². The highest BCUT2D eigenvalue weighted by Crippen LogP contribution is 2.41. The quantitative estimate of drug-likeness (QED) is 0.293. The number of nitrogens with one attached hydrogen (secondary N) is 1. The summed E-state index contributed by atoms with van der Waals surface area (Å²) >= 11 is 0. The van der Waals surface area contributed by atoms with Crippen molar-refractivity contribution >= 4 is 46.7 Å². The number of carbonyl (C=O) groups is 5. The summed E-state index contributed by atoms with van der Waals surface area (Å²) < 4.78 is 7.04. The standard InChI is InChI=1S/C32H36N6O6/c1-17-21(16-36(5)35-17)20-14-18-10-12-26(39)37(6)25(18)15-23(20)34-22-9-7-8-19-28(22)31(43)38(30(19)42)24(29(33)41)11-13-27(40)44-32(2,3)4/h7-9,14-16,24,34H,10-13H2,1-6H3,(H2,33,41)/t24-/m0/s1. The van der Waals surface area contributed by atoms with E-state index in [9.17, 15) is 24.0 Å². The number of primary amides is 1. The molecule has 5 rings (SSSR count). The van der Waals surface area contributed by atoms with Crippen LogP contribution >= 0.6 is 0 Å². The molecule has 0 bridgehead atoms. The number of aryl methyl sites for hydroxylation is 3. The molecular formula is C32H36N6O6. The Morgan fingerprint density at radius 1 is 1.02 bits per heavy atom. The van der Waals surface area contributed by atoms with Gasteiger partial charge in [-0.05, 0) is 70.4 Å². The largest absolute Gasteiger partial charge is 0.460 e. The number of imide groups is 1. The zero-order valence-corrected chi connectivity index (χ0v) is 25.7. The van der Waals surface area contributed by atoms with Crippen LogP contribution in [0.2, 0.25) is 0 Å². The number of nitrogens with zero attached hydrogens (tertiary/aromatic N) is 4. The summed E-state index contributed by atoms with van der Waals surface area (Å²) in [7, 11) is 3.55. The van der Waals surface area contributed by atoms with Crippen molar-refractivity contribution in [2.75, 3.05) is 17.3 Å². The minimum absolute atomic E-state index is 0.00495. The number of aromatic nitrogens is 2. The molecule has 1 atom stereocenters. The monoisotopic (exact) mass is 600 g/mol. The second-order valence-corrected chi connectivity index (χ2v) is 12.2. The highest BCUT2D eigenvalue weighted by Gasteiger charge is 2.44. The van der Waals surface area contributed by atoms with Gasteiger partial charge in [0.1, 0.15) is 11.6 Å². The maximum Gasteiger partial charge on any atom is 0.306 e. The summed E-state index contributed by atoms with van der Waals surface area (Å²) in [5.74, 6) is -2.87. The first-order valence-corrected chi connectivity index (χ1v) is 14.4. The van der Waals surface area contributed by atoms with Crippen molar-refractivity contribution in [1.82, 2.24) is 14.7 Å². The Bertz CT molecular complexity index is 1720. The molecule has 2 aliphatic heterocycles. The Hall–Kier alpha value is -5.00. The average molecular weight is 601 g/mol. The molecule has 0 spiro atoms. The van der Waals surface area contributed by atoms with Crippen LogP contribution in [0, 0.1) is 6.92 Å². The lowest BCUT2D eigenvalue weighted by Crippen LogP contribution is -2.48. The summed E-state index contributed by atoms with van der Waals surface area (Å²) in [5.41, 5.74) is 10.3. The van der Waals surface area contributed by atoms with Gasteiger partial charge >= 0.3 is 5.97 Å². The van der Waals surface area contributed by atoms with Crippen LogP contribution in [-0.2, 0) is 32.6 Å². The Morgan fingerprint density at radius 3 is 2.39 bits per heavy atom. The van der Waals surface area contributed by atoms with Crippen molar-refractivity contribution in [3.63, 3.8) is 0 Å². The highest BCUT2D eigenvalue weighted by atomic mass is 16.6. The number of ether oxygens (including phenoxy) is 1. The highest BCUT2D eigenvalue weighted by molar-refractivity contribution is 6.25. The van der Waals surface area contributed by atoms with E-state index >= 15 is 0 Å². The molecule has 0 saturated carbocycles. The normalized spacial score (nSPS) is 15.3. The predicted molar refractivity (Wildman–Crippen MR) is 163 cm³/mol. The second kappa shape index (κ2) is 11.3. The summed E-state index contributed by atoms with van der Waals surface area (Å²) in [6, 6.07) is 7.35. The van der Waals surface area contributed by atoms with E-state index in [0.717, 1.165) is 33.0 Å². The van der Waals surface area contributed by atoms with Crippen molar-refractivity contribution in [2.24, 2.45) is 12.8 Å². The third-order valence-electron chi connectivity index (χ3n) is 7.76. The number of amides is 4. The molecule has 2 aliphatic rings. The first-order valence-electron chi connectivity index (χ1n) is 14.4. The van der Waals surface area contributed by atoms with Crippen LogP contribution in [-0.4, -0.2) is 63.0 Å². The summed E-state index contributed by atoms with van der Waals surface area (Å²) in [4.78, 5) is 67.2. The Morgan fingerprint density at radius 2 is 1.75 bits per heavy atom. The summed E-state index contributed by atoms with van der Waals surface area (Å²) in [6.07, 6.45) is 2.50. The molecule has 230 valence electrons. The van der Waals surface area contributed by atoms with Crippen LogP contribution in [0.15, 0.2) is 36.5 Å². The van der Waals surface area contributed by atoms with E-state index in [2.05, 4.69) is 10.4 Å². The first-order chi connectivity index (χ1) is 20.7. The van der Waals surface area contributed by atoms with E-state index < -0.39 is 35.3 Å². The number of anilines is 3. The van der Waals surface area contributed by atoms with Crippen LogP contribution < -0.4 is 16.0 Å². The maximum absolute atomic E-state index is 13.9. The number of rotatable bonds is 8. The fourth-order valence-corrected chi connectivity index (χ4v) is 5.76. The smallest absolute Gasteiger partial charge is 0.306 e. The van der Waals surface area contributed by atoms with Crippen LogP contribution in [0.4, 0.5) is 17.1 Å². The molecule has 4 amide bonds. The molecule has 1 aromatic heterocycles. The van der Waals surface area contributed by atoms with Gasteiger partial charge in [0.15, 0.2) is 0 Å². The van der Waals surface area contributed by atoms with Crippen LogP contribution in [0.3, 0.4) is 0 Å². The van der Waals surface area contributed by atoms with Gasteiger partial charge < -0.3 is 20.7 Å². The molecule has 0 aliphatic carbocycles. The van der Waals surface area contributed by atoms with Gasteiger partial charge in [0.05, 0.1) is 22.5 Å². The Labute approximate surface area is 255 Å². The molecule has 2 aromatic carbocycles. The topological polar surface area (TPSA) is 157 Å². The van der Waals surface area contributed by atoms with Gasteiger partial charge in [0, 0.05) is 55.6 Å². The second-order valence-electron chi connectivity index (χ2n) is 12.2. The van der Waals surface area contributed by atoms with Gasteiger partial charge in [-0.3, -0.25) is 33.6 Å². The fraction of sp³-hybridized carbons (Fsp3) is 0.375. The minimum Gasteiger partial charge on any atom is -0.460 e. The van der Waals surface area contributed by atoms with E-state index in [-0.39, 0.29) is 29.9 Å². The van der Waals surface area contributed by atoms with Crippen LogP contribution in [0.25, 0.3) is 11.1 Å². The molecule has 3 aromatic rings.